The Hall–Kier alpha value is -2.96. The molecule has 2 N–H and O–H groups in total. The molecule has 7 heteroatoms. The number of ether oxygens (including phenoxy) is 1. The Kier molecular flexibility index (Phi) is 6.46. The van der Waals surface area contributed by atoms with E-state index in [0.29, 0.717) is 28.9 Å². The summed E-state index contributed by atoms with van der Waals surface area (Å²) in [5, 5.41) is 4.39. The maximum absolute atomic E-state index is 6.04. The molecule has 0 aliphatic rings. The smallest absolute Gasteiger partial charge is 0.258 e. The monoisotopic (exact) mass is 410 g/mol. The minimum atomic E-state index is 0.260. The number of nitrogen functional groups attached to an aromatic ring is 1. The van der Waals surface area contributed by atoms with Gasteiger partial charge < -0.3 is 15.0 Å². The second kappa shape index (κ2) is 9.03. The van der Waals surface area contributed by atoms with E-state index in [1.807, 2.05) is 25.1 Å². The average Bonchev–Trinajstić information content (AvgIpc) is 3.20. The third-order valence-corrected chi connectivity index (χ3v) is 4.92. The Morgan fingerprint density at radius 3 is 2.72 bits per heavy atom. The van der Waals surface area contributed by atoms with Gasteiger partial charge in [0.05, 0.1) is 11.6 Å². The minimum absolute atomic E-state index is 0.260. The summed E-state index contributed by atoms with van der Waals surface area (Å²) in [5.41, 5.74) is 11.7. The third-order valence-electron chi connectivity index (χ3n) is 4.62. The first-order valence-corrected chi connectivity index (χ1v) is 9.50. The summed E-state index contributed by atoms with van der Waals surface area (Å²) in [5.74, 6) is 1.06. The molecule has 2 heterocycles. The first kappa shape index (κ1) is 20.8. The van der Waals surface area contributed by atoms with Crippen LogP contribution in [0.3, 0.4) is 0 Å². The number of allylic oxidation sites excluding steroid dienone is 4. The summed E-state index contributed by atoms with van der Waals surface area (Å²) in [6.45, 7) is 6.68. The fraction of sp³-hybridized carbons (Fsp3) is 0.227. The van der Waals surface area contributed by atoms with E-state index >= 15 is 0 Å². The highest BCUT2D eigenvalue weighted by Crippen LogP contribution is 2.30. The molecule has 2 aromatic heterocycles. The summed E-state index contributed by atoms with van der Waals surface area (Å²) in [6.07, 6.45) is 5.69. The molecule has 0 aliphatic carbocycles. The highest BCUT2D eigenvalue weighted by atomic mass is 35.5. The van der Waals surface area contributed by atoms with Gasteiger partial charge in [-0.1, -0.05) is 35.0 Å². The van der Waals surface area contributed by atoms with Crippen molar-refractivity contribution in [2.45, 2.75) is 27.4 Å². The lowest BCUT2D eigenvalue weighted by molar-refractivity contribution is 0.184. The number of rotatable bonds is 6. The summed E-state index contributed by atoms with van der Waals surface area (Å²) >= 11 is 6.04. The Morgan fingerprint density at radius 1 is 1.24 bits per heavy atom. The zero-order valence-electron chi connectivity index (χ0n) is 16.9. The lowest BCUT2D eigenvalue weighted by Crippen LogP contribution is -1.96. The number of nitrogens with two attached hydrogens (primary N) is 1. The van der Waals surface area contributed by atoms with Crippen LogP contribution in [-0.4, -0.2) is 22.2 Å². The van der Waals surface area contributed by atoms with E-state index in [9.17, 15) is 0 Å². The van der Waals surface area contributed by atoms with Crippen molar-refractivity contribution < 1.29 is 9.26 Å². The number of anilines is 1. The van der Waals surface area contributed by atoms with Gasteiger partial charge in [-0.05, 0) is 61.2 Å². The average molecular weight is 411 g/mol. The Morgan fingerprint density at radius 2 is 2.03 bits per heavy atom. The van der Waals surface area contributed by atoms with E-state index in [1.165, 1.54) is 11.1 Å². The summed E-state index contributed by atoms with van der Waals surface area (Å²) < 4.78 is 10.9. The highest BCUT2D eigenvalue weighted by Gasteiger charge is 2.15. The fourth-order valence-corrected chi connectivity index (χ4v) is 3.15. The number of benzene rings is 1. The van der Waals surface area contributed by atoms with Crippen molar-refractivity contribution in [3.63, 3.8) is 0 Å². The minimum Gasteiger partial charge on any atom is -0.382 e. The molecule has 0 fully saturated rings. The maximum atomic E-state index is 6.04. The zero-order valence-corrected chi connectivity index (χ0v) is 17.6. The number of methoxy groups -OCH3 is 1. The van der Waals surface area contributed by atoms with Gasteiger partial charge in [0.15, 0.2) is 0 Å². The number of hydrogen-bond donors (Lipinski definition) is 1. The van der Waals surface area contributed by atoms with E-state index < -0.39 is 0 Å². The van der Waals surface area contributed by atoms with E-state index in [0.717, 1.165) is 16.7 Å². The van der Waals surface area contributed by atoms with Gasteiger partial charge in [0, 0.05) is 24.4 Å². The molecule has 6 nitrogen and oxygen atoms in total. The van der Waals surface area contributed by atoms with Gasteiger partial charge in [0.2, 0.25) is 5.82 Å². The molecule has 0 atom stereocenters. The van der Waals surface area contributed by atoms with Crippen molar-refractivity contribution in [3.05, 3.63) is 64.3 Å². The first-order chi connectivity index (χ1) is 13.9. The van der Waals surface area contributed by atoms with E-state index in [2.05, 4.69) is 41.1 Å². The molecule has 0 unspecified atom stereocenters. The van der Waals surface area contributed by atoms with E-state index in [4.69, 9.17) is 26.6 Å². The van der Waals surface area contributed by atoms with Crippen molar-refractivity contribution in [1.29, 1.82) is 0 Å². The van der Waals surface area contributed by atoms with Crippen LogP contribution in [0.5, 0.6) is 0 Å². The topological polar surface area (TPSA) is 87.1 Å². The Labute approximate surface area is 175 Å². The van der Waals surface area contributed by atoms with Crippen LogP contribution in [0.1, 0.15) is 31.9 Å². The van der Waals surface area contributed by atoms with Crippen LogP contribution in [-0.2, 0) is 11.3 Å². The number of nitrogens with zero attached hydrogens (tertiary/aromatic N) is 3. The molecule has 0 radical (unpaired) electrons. The van der Waals surface area contributed by atoms with Crippen molar-refractivity contribution >= 4 is 23.0 Å². The molecule has 29 heavy (non-hydrogen) atoms. The highest BCUT2D eigenvalue weighted by molar-refractivity contribution is 6.33. The molecule has 0 bridgehead atoms. The SMILES string of the molecule is CC=CC(C)=C(C)c1ccc(-c2nc(-c3cnc(N)c(Cl)c3)no2)cc1COC. The second-order valence-electron chi connectivity index (χ2n) is 6.63. The molecule has 1 aromatic carbocycles. The second-order valence-corrected chi connectivity index (χ2v) is 7.03. The standard InChI is InChI=1S/C22H23ClN4O2/c1-5-6-13(2)14(3)18-8-7-15(9-17(18)12-28-4)22-26-21(27-29-22)16-10-19(23)20(24)25-11-16/h5-11H,12H2,1-4H3,(H2,24,25). The van der Waals surface area contributed by atoms with Gasteiger partial charge >= 0.3 is 0 Å². The lowest BCUT2D eigenvalue weighted by Gasteiger charge is -2.12. The van der Waals surface area contributed by atoms with Crippen LogP contribution >= 0.6 is 11.6 Å². The van der Waals surface area contributed by atoms with Gasteiger partial charge in [-0.2, -0.15) is 4.98 Å². The molecule has 0 aliphatic heterocycles. The van der Waals surface area contributed by atoms with Crippen LogP contribution in [0.25, 0.3) is 28.4 Å². The number of aromatic nitrogens is 3. The summed E-state index contributed by atoms with van der Waals surface area (Å²) in [6, 6.07) is 7.69. The van der Waals surface area contributed by atoms with Gasteiger partial charge in [-0.3, -0.25) is 0 Å². The molecule has 0 spiro atoms. The molecule has 3 rings (SSSR count). The van der Waals surface area contributed by atoms with Crippen molar-refractivity contribution in [1.82, 2.24) is 15.1 Å². The quantitative estimate of drug-likeness (QED) is 0.536. The Bertz CT molecular complexity index is 1090. The predicted octanol–water partition coefficient (Wildman–Crippen LogP) is 5.55. The van der Waals surface area contributed by atoms with Crippen LogP contribution in [0.15, 0.2) is 52.7 Å². The summed E-state index contributed by atoms with van der Waals surface area (Å²) in [4.78, 5) is 8.52. The number of halogens is 1. The first-order valence-electron chi connectivity index (χ1n) is 9.12. The fourth-order valence-electron chi connectivity index (χ4n) is 2.98. The molecule has 3 aromatic rings. The molecule has 0 amide bonds. The number of pyridine rings is 1. The van der Waals surface area contributed by atoms with Crippen LogP contribution in [0, 0.1) is 0 Å². The summed E-state index contributed by atoms with van der Waals surface area (Å²) in [7, 11) is 1.68. The maximum Gasteiger partial charge on any atom is 0.258 e. The Balaban J connectivity index is 2.00. The van der Waals surface area contributed by atoms with Crippen LogP contribution < -0.4 is 5.73 Å². The zero-order chi connectivity index (χ0) is 21.0. The lowest BCUT2D eigenvalue weighted by atomic mass is 9.95. The van der Waals surface area contributed by atoms with E-state index in [1.54, 1.807) is 19.4 Å². The third kappa shape index (κ3) is 4.55. The van der Waals surface area contributed by atoms with Crippen LogP contribution in [0.2, 0.25) is 5.02 Å². The number of hydrogen-bond acceptors (Lipinski definition) is 6. The molecule has 0 saturated heterocycles. The van der Waals surface area contributed by atoms with Crippen molar-refractivity contribution in [3.8, 4) is 22.8 Å². The van der Waals surface area contributed by atoms with Crippen LogP contribution in [0.4, 0.5) is 5.82 Å². The van der Waals surface area contributed by atoms with Gasteiger partial charge in [-0.25, -0.2) is 4.98 Å². The normalized spacial score (nSPS) is 12.4. The van der Waals surface area contributed by atoms with Gasteiger partial charge in [0.1, 0.15) is 5.82 Å². The predicted molar refractivity (Wildman–Crippen MR) is 116 cm³/mol. The van der Waals surface area contributed by atoms with Gasteiger partial charge in [0.25, 0.3) is 5.89 Å². The van der Waals surface area contributed by atoms with Gasteiger partial charge in [-0.15, -0.1) is 0 Å². The molecule has 0 saturated carbocycles. The molecular formula is C22H23ClN4O2. The largest absolute Gasteiger partial charge is 0.382 e. The van der Waals surface area contributed by atoms with Crippen molar-refractivity contribution in [2.24, 2.45) is 0 Å². The van der Waals surface area contributed by atoms with E-state index in [-0.39, 0.29) is 5.82 Å². The van der Waals surface area contributed by atoms with Crippen molar-refractivity contribution in [2.75, 3.05) is 12.8 Å². The molecule has 150 valence electrons. The molecular weight excluding hydrogens is 388 g/mol.